The van der Waals surface area contributed by atoms with Crippen LogP contribution in [0.4, 0.5) is 0 Å². The first-order valence-electron chi connectivity index (χ1n) is 6.10. The molecule has 0 spiro atoms. The molecule has 0 saturated heterocycles. The minimum absolute atomic E-state index is 0.516. The van der Waals surface area contributed by atoms with Crippen LogP contribution in [0.25, 0.3) is 0 Å². The van der Waals surface area contributed by atoms with Gasteiger partial charge in [-0.05, 0) is 31.1 Å². The molecule has 0 radical (unpaired) electrons. The van der Waals surface area contributed by atoms with Gasteiger partial charge < -0.3 is 0 Å². The minimum atomic E-state index is 0.516. The lowest BCUT2D eigenvalue weighted by atomic mass is 9.91. The summed E-state index contributed by atoms with van der Waals surface area (Å²) in [6, 6.07) is 0.516. The summed E-state index contributed by atoms with van der Waals surface area (Å²) in [5.74, 6) is 7.19. The molecular weight excluding hydrogens is 172 g/mol. The van der Waals surface area contributed by atoms with Crippen LogP contribution in [-0.2, 0) is 0 Å². The van der Waals surface area contributed by atoms with Crippen molar-refractivity contribution in [2.45, 2.75) is 65.8 Å². The molecule has 2 heteroatoms. The molecule has 0 heterocycles. The maximum Gasteiger partial charge on any atom is 0.0213 e. The van der Waals surface area contributed by atoms with Crippen molar-refractivity contribution in [3.8, 4) is 0 Å². The molecule has 1 atom stereocenters. The van der Waals surface area contributed by atoms with Gasteiger partial charge in [-0.25, -0.2) is 0 Å². The molecule has 3 N–H and O–H groups in total. The Balaban J connectivity index is 3.76. The van der Waals surface area contributed by atoms with E-state index < -0.39 is 0 Å². The summed E-state index contributed by atoms with van der Waals surface area (Å²) in [7, 11) is 0. The van der Waals surface area contributed by atoms with Crippen LogP contribution in [0.1, 0.15) is 59.8 Å². The van der Waals surface area contributed by atoms with Gasteiger partial charge in [0.1, 0.15) is 0 Å². The molecule has 0 bridgehead atoms. The Morgan fingerprint density at radius 1 is 1.07 bits per heavy atom. The lowest BCUT2D eigenvalue weighted by molar-refractivity contribution is 0.338. The van der Waals surface area contributed by atoms with E-state index in [1.165, 1.54) is 32.1 Å². The summed E-state index contributed by atoms with van der Waals surface area (Å²) in [4.78, 5) is 0. The van der Waals surface area contributed by atoms with Crippen molar-refractivity contribution in [2.24, 2.45) is 17.7 Å². The highest BCUT2D eigenvalue weighted by Crippen LogP contribution is 2.18. The largest absolute Gasteiger partial charge is 0.271 e. The number of hydrazine groups is 1. The second-order valence-corrected chi connectivity index (χ2v) is 4.75. The Morgan fingerprint density at radius 2 is 1.64 bits per heavy atom. The predicted molar refractivity (Wildman–Crippen MR) is 63.9 cm³/mol. The second-order valence-electron chi connectivity index (χ2n) is 4.75. The van der Waals surface area contributed by atoms with Crippen LogP contribution in [0.15, 0.2) is 0 Å². The minimum Gasteiger partial charge on any atom is -0.271 e. The number of hydrogen-bond donors (Lipinski definition) is 2. The Kier molecular flexibility index (Phi) is 8.20. The van der Waals surface area contributed by atoms with Crippen LogP contribution in [0, 0.1) is 11.8 Å². The molecule has 14 heavy (non-hydrogen) atoms. The summed E-state index contributed by atoms with van der Waals surface area (Å²) in [6.45, 7) is 9.07. The zero-order valence-corrected chi connectivity index (χ0v) is 10.3. The lowest BCUT2D eigenvalue weighted by Gasteiger charge is -2.21. The highest BCUT2D eigenvalue weighted by atomic mass is 15.2. The Hall–Kier alpha value is -0.0800. The second kappa shape index (κ2) is 8.25. The maximum absolute atomic E-state index is 5.57. The van der Waals surface area contributed by atoms with Crippen LogP contribution in [0.3, 0.4) is 0 Å². The van der Waals surface area contributed by atoms with Crippen molar-refractivity contribution < 1.29 is 0 Å². The first-order chi connectivity index (χ1) is 6.63. The fraction of sp³-hybridized carbons (Fsp3) is 1.00. The van der Waals surface area contributed by atoms with E-state index in [1.807, 2.05) is 0 Å². The van der Waals surface area contributed by atoms with Gasteiger partial charge in [0.2, 0.25) is 0 Å². The summed E-state index contributed by atoms with van der Waals surface area (Å²) in [6.07, 6.45) is 6.27. The molecule has 0 amide bonds. The number of hydrogen-bond acceptors (Lipinski definition) is 2. The first-order valence-corrected chi connectivity index (χ1v) is 6.10. The topological polar surface area (TPSA) is 38.0 Å². The van der Waals surface area contributed by atoms with Crippen molar-refractivity contribution in [1.29, 1.82) is 0 Å². The van der Waals surface area contributed by atoms with E-state index in [9.17, 15) is 0 Å². The highest BCUT2D eigenvalue weighted by Gasteiger charge is 2.12. The molecule has 1 unspecified atom stereocenters. The normalized spacial score (nSPS) is 13.9. The van der Waals surface area contributed by atoms with Crippen LogP contribution in [0.2, 0.25) is 0 Å². The van der Waals surface area contributed by atoms with Crippen molar-refractivity contribution >= 4 is 0 Å². The van der Waals surface area contributed by atoms with Gasteiger partial charge in [-0.1, -0.05) is 40.5 Å². The fourth-order valence-corrected chi connectivity index (χ4v) is 1.83. The van der Waals surface area contributed by atoms with Gasteiger partial charge >= 0.3 is 0 Å². The molecule has 0 rings (SSSR count). The van der Waals surface area contributed by atoms with Crippen LogP contribution >= 0.6 is 0 Å². The number of nitrogens with two attached hydrogens (primary N) is 1. The predicted octanol–water partition coefficient (Wildman–Crippen LogP) is 3.08. The molecule has 0 aliphatic carbocycles. The Morgan fingerprint density at radius 3 is 2.00 bits per heavy atom. The van der Waals surface area contributed by atoms with E-state index in [-0.39, 0.29) is 0 Å². The summed E-state index contributed by atoms with van der Waals surface area (Å²) < 4.78 is 0. The Labute approximate surface area is 89.6 Å². The first kappa shape index (κ1) is 13.9. The fourth-order valence-electron chi connectivity index (χ4n) is 1.83. The zero-order chi connectivity index (χ0) is 11.0. The van der Waals surface area contributed by atoms with Crippen molar-refractivity contribution in [3.05, 3.63) is 0 Å². The van der Waals surface area contributed by atoms with Gasteiger partial charge in [-0.15, -0.1) is 0 Å². The molecule has 0 aromatic heterocycles. The monoisotopic (exact) mass is 200 g/mol. The molecule has 2 nitrogen and oxygen atoms in total. The van der Waals surface area contributed by atoms with Crippen LogP contribution in [0.5, 0.6) is 0 Å². The molecule has 0 aromatic rings. The van der Waals surface area contributed by atoms with Crippen molar-refractivity contribution in [3.63, 3.8) is 0 Å². The van der Waals surface area contributed by atoms with Crippen molar-refractivity contribution in [2.75, 3.05) is 0 Å². The standard InChI is InChI=1S/C12H28N2/c1-5-11(6-2)9-12(14-13)8-7-10(3)4/h10-12,14H,5-9,13H2,1-4H3. The van der Waals surface area contributed by atoms with E-state index in [2.05, 4.69) is 33.1 Å². The van der Waals surface area contributed by atoms with E-state index in [1.54, 1.807) is 0 Å². The number of nitrogens with one attached hydrogen (secondary N) is 1. The quantitative estimate of drug-likeness (QED) is 0.467. The van der Waals surface area contributed by atoms with Gasteiger partial charge in [0, 0.05) is 6.04 Å². The van der Waals surface area contributed by atoms with Gasteiger partial charge in [0.05, 0.1) is 0 Å². The third-order valence-electron chi connectivity index (χ3n) is 3.10. The number of rotatable bonds is 8. The van der Waals surface area contributed by atoms with Gasteiger partial charge in [-0.3, -0.25) is 11.3 Å². The molecule has 0 aliphatic rings. The van der Waals surface area contributed by atoms with E-state index >= 15 is 0 Å². The van der Waals surface area contributed by atoms with E-state index in [0.717, 1.165) is 11.8 Å². The van der Waals surface area contributed by atoms with Gasteiger partial charge in [0.25, 0.3) is 0 Å². The molecule has 0 aromatic carbocycles. The van der Waals surface area contributed by atoms with Crippen LogP contribution in [-0.4, -0.2) is 6.04 Å². The third-order valence-corrected chi connectivity index (χ3v) is 3.10. The SMILES string of the molecule is CCC(CC)CC(CCC(C)C)NN. The van der Waals surface area contributed by atoms with Crippen molar-refractivity contribution in [1.82, 2.24) is 5.43 Å². The molecule has 0 aliphatic heterocycles. The molecule has 0 saturated carbocycles. The molecule has 86 valence electrons. The van der Waals surface area contributed by atoms with E-state index in [0.29, 0.717) is 6.04 Å². The van der Waals surface area contributed by atoms with E-state index in [4.69, 9.17) is 5.84 Å². The summed E-state index contributed by atoms with van der Waals surface area (Å²) in [5.41, 5.74) is 2.96. The smallest absolute Gasteiger partial charge is 0.0213 e. The van der Waals surface area contributed by atoms with Crippen LogP contribution < -0.4 is 11.3 Å². The molecule has 0 fully saturated rings. The average molecular weight is 200 g/mol. The Bertz CT molecular complexity index is 119. The molecular formula is C12H28N2. The average Bonchev–Trinajstić information content (AvgIpc) is 2.18. The highest BCUT2D eigenvalue weighted by molar-refractivity contribution is 4.69. The van der Waals surface area contributed by atoms with Gasteiger partial charge in [-0.2, -0.15) is 0 Å². The summed E-state index contributed by atoms with van der Waals surface area (Å²) in [5, 5.41) is 0. The maximum atomic E-state index is 5.57. The lowest BCUT2D eigenvalue weighted by Crippen LogP contribution is -2.36. The third kappa shape index (κ3) is 6.39. The zero-order valence-electron chi connectivity index (χ0n) is 10.3. The van der Waals surface area contributed by atoms with Gasteiger partial charge in [0.15, 0.2) is 0 Å². The summed E-state index contributed by atoms with van der Waals surface area (Å²) >= 11 is 0.